The van der Waals surface area contributed by atoms with Crippen LogP contribution in [0.1, 0.15) is 39.0 Å². The largest absolute Gasteiger partial charge is 0.491 e. The van der Waals surface area contributed by atoms with E-state index < -0.39 is 12.2 Å². The summed E-state index contributed by atoms with van der Waals surface area (Å²) in [5.74, 6) is 0.654. The Morgan fingerprint density at radius 1 is 1.24 bits per heavy atom. The second-order valence-corrected chi connectivity index (χ2v) is 6.08. The van der Waals surface area contributed by atoms with Gasteiger partial charge in [-0.25, -0.2) is 4.79 Å². The number of nitrogens with one attached hydrogen (secondary N) is 2. The van der Waals surface area contributed by atoms with Crippen molar-refractivity contribution in [2.45, 2.75) is 51.2 Å². The van der Waals surface area contributed by atoms with Crippen molar-refractivity contribution in [1.82, 2.24) is 5.32 Å². The maximum atomic E-state index is 11.3. The van der Waals surface area contributed by atoms with Gasteiger partial charge in [-0.1, -0.05) is 19.3 Å². The molecule has 0 heterocycles. The standard InChI is InChI=1S/C18H28N2O4.ClH/c1-2-23-18(22)20-15-8-10-17(11-9-15)24-13-16(21)12-19-14-6-4-3-5-7-14;/h8-11,14,16,19,21H,2-7,12-13H2,1H3,(H,20,22);1H. The van der Waals surface area contributed by atoms with E-state index >= 15 is 0 Å². The van der Waals surface area contributed by atoms with E-state index in [4.69, 9.17) is 9.47 Å². The molecular weight excluding hydrogens is 344 g/mol. The SMILES string of the molecule is CCOC(=O)Nc1ccc(OCC(O)CNC2CCCCC2)cc1.Cl. The van der Waals surface area contributed by atoms with Gasteiger partial charge >= 0.3 is 6.09 Å². The molecular formula is C18H29ClN2O4. The molecule has 1 saturated carbocycles. The molecule has 0 saturated heterocycles. The summed E-state index contributed by atoms with van der Waals surface area (Å²) in [6.45, 7) is 2.88. The third kappa shape index (κ3) is 8.43. The molecule has 25 heavy (non-hydrogen) atoms. The van der Waals surface area contributed by atoms with E-state index in [9.17, 15) is 9.90 Å². The van der Waals surface area contributed by atoms with E-state index in [1.165, 1.54) is 32.1 Å². The highest BCUT2D eigenvalue weighted by atomic mass is 35.5. The van der Waals surface area contributed by atoms with Crippen molar-refractivity contribution in [1.29, 1.82) is 0 Å². The lowest BCUT2D eigenvalue weighted by Crippen LogP contribution is -2.38. The Morgan fingerprint density at radius 3 is 2.56 bits per heavy atom. The average molecular weight is 373 g/mol. The molecule has 1 atom stereocenters. The van der Waals surface area contributed by atoms with Crippen molar-refractivity contribution >= 4 is 24.2 Å². The fraction of sp³-hybridized carbons (Fsp3) is 0.611. The molecule has 1 unspecified atom stereocenters. The first kappa shape index (κ1) is 21.5. The minimum absolute atomic E-state index is 0. The van der Waals surface area contributed by atoms with Crippen molar-refractivity contribution in [2.75, 3.05) is 25.1 Å². The zero-order valence-corrected chi connectivity index (χ0v) is 15.5. The van der Waals surface area contributed by atoms with Gasteiger partial charge in [-0.2, -0.15) is 0 Å². The van der Waals surface area contributed by atoms with Crippen molar-refractivity contribution < 1.29 is 19.4 Å². The summed E-state index contributed by atoms with van der Waals surface area (Å²) in [6, 6.07) is 7.50. The number of hydrogen-bond acceptors (Lipinski definition) is 5. The molecule has 2 rings (SSSR count). The lowest BCUT2D eigenvalue weighted by molar-refractivity contribution is 0.102. The summed E-state index contributed by atoms with van der Waals surface area (Å²) in [5.41, 5.74) is 0.639. The molecule has 7 heteroatoms. The van der Waals surface area contributed by atoms with Crippen molar-refractivity contribution in [3.63, 3.8) is 0 Å². The first-order valence-corrected chi connectivity index (χ1v) is 8.75. The maximum absolute atomic E-state index is 11.3. The van der Waals surface area contributed by atoms with Gasteiger partial charge in [0.25, 0.3) is 0 Å². The van der Waals surface area contributed by atoms with Crippen LogP contribution in [-0.2, 0) is 4.74 Å². The van der Waals surface area contributed by atoms with Gasteiger partial charge in [-0.3, -0.25) is 5.32 Å². The molecule has 1 aliphatic carbocycles. The van der Waals surface area contributed by atoms with Gasteiger partial charge in [0.1, 0.15) is 18.5 Å². The van der Waals surface area contributed by atoms with Crippen LogP contribution in [0, 0.1) is 0 Å². The third-order valence-electron chi connectivity index (χ3n) is 4.07. The number of carbonyl (C=O) groups is 1. The number of anilines is 1. The lowest BCUT2D eigenvalue weighted by Gasteiger charge is -2.24. The van der Waals surface area contributed by atoms with Gasteiger partial charge in [0.2, 0.25) is 0 Å². The van der Waals surface area contributed by atoms with Gasteiger partial charge in [0.15, 0.2) is 0 Å². The average Bonchev–Trinajstić information content (AvgIpc) is 2.60. The number of halogens is 1. The number of amides is 1. The minimum atomic E-state index is -0.538. The molecule has 1 aromatic carbocycles. The molecule has 0 aliphatic heterocycles. The monoisotopic (exact) mass is 372 g/mol. The molecule has 0 spiro atoms. The lowest BCUT2D eigenvalue weighted by atomic mass is 9.95. The predicted molar refractivity (Wildman–Crippen MR) is 101 cm³/mol. The summed E-state index contributed by atoms with van der Waals surface area (Å²) in [6.07, 6.45) is 5.25. The van der Waals surface area contributed by atoms with Crippen LogP contribution in [0.3, 0.4) is 0 Å². The Hall–Kier alpha value is -1.50. The Kier molecular flexibility index (Phi) is 10.3. The fourth-order valence-electron chi connectivity index (χ4n) is 2.78. The van der Waals surface area contributed by atoms with E-state index in [2.05, 4.69) is 10.6 Å². The van der Waals surface area contributed by atoms with Gasteiger partial charge in [0.05, 0.1) is 6.61 Å². The Morgan fingerprint density at radius 2 is 1.92 bits per heavy atom. The maximum Gasteiger partial charge on any atom is 0.411 e. The molecule has 142 valence electrons. The number of benzene rings is 1. The van der Waals surface area contributed by atoms with Crippen LogP contribution in [0.2, 0.25) is 0 Å². The first-order chi connectivity index (χ1) is 11.7. The topological polar surface area (TPSA) is 79.8 Å². The number of carbonyl (C=O) groups excluding carboxylic acids is 1. The summed E-state index contributed by atoms with van der Waals surface area (Å²) in [7, 11) is 0. The van der Waals surface area contributed by atoms with Crippen LogP contribution in [0.5, 0.6) is 5.75 Å². The molecule has 0 aromatic heterocycles. The number of aliphatic hydroxyl groups is 1. The van der Waals surface area contributed by atoms with Crippen LogP contribution >= 0.6 is 12.4 Å². The number of ether oxygens (including phenoxy) is 2. The van der Waals surface area contributed by atoms with E-state index in [0.29, 0.717) is 30.6 Å². The van der Waals surface area contributed by atoms with Crippen molar-refractivity contribution in [2.24, 2.45) is 0 Å². The molecule has 1 aliphatic rings. The second-order valence-electron chi connectivity index (χ2n) is 6.08. The smallest absolute Gasteiger partial charge is 0.411 e. The summed E-state index contributed by atoms with van der Waals surface area (Å²) in [5, 5.41) is 16.0. The van der Waals surface area contributed by atoms with Gasteiger partial charge in [-0.15, -0.1) is 12.4 Å². The first-order valence-electron chi connectivity index (χ1n) is 8.75. The second kappa shape index (κ2) is 12.0. The quantitative estimate of drug-likeness (QED) is 0.652. The molecule has 0 bridgehead atoms. The van der Waals surface area contributed by atoms with E-state index in [0.717, 1.165) is 0 Å². The number of rotatable bonds is 8. The molecule has 1 aromatic rings. The summed E-state index contributed by atoms with van der Waals surface area (Å²) >= 11 is 0. The molecule has 1 amide bonds. The van der Waals surface area contributed by atoms with Crippen LogP contribution in [0.25, 0.3) is 0 Å². The highest BCUT2D eigenvalue weighted by Gasteiger charge is 2.14. The van der Waals surface area contributed by atoms with E-state index in [1.807, 2.05) is 0 Å². The van der Waals surface area contributed by atoms with E-state index in [-0.39, 0.29) is 19.0 Å². The summed E-state index contributed by atoms with van der Waals surface area (Å²) < 4.78 is 10.4. The van der Waals surface area contributed by atoms with Crippen LogP contribution < -0.4 is 15.4 Å². The number of hydrogen-bond donors (Lipinski definition) is 3. The van der Waals surface area contributed by atoms with Crippen LogP contribution in [0.4, 0.5) is 10.5 Å². The molecule has 3 N–H and O–H groups in total. The fourth-order valence-corrected chi connectivity index (χ4v) is 2.78. The van der Waals surface area contributed by atoms with Gasteiger partial charge < -0.3 is 19.9 Å². The Labute approximate surface area is 155 Å². The minimum Gasteiger partial charge on any atom is -0.491 e. The van der Waals surface area contributed by atoms with Gasteiger partial charge in [-0.05, 0) is 44.0 Å². The molecule has 1 fully saturated rings. The van der Waals surface area contributed by atoms with Crippen molar-refractivity contribution in [3.05, 3.63) is 24.3 Å². The third-order valence-corrected chi connectivity index (χ3v) is 4.07. The zero-order valence-electron chi connectivity index (χ0n) is 14.7. The molecule has 0 radical (unpaired) electrons. The number of aliphatic hydroxyl groups excluding tert-OH is 1. The van der Waals surface area contributed by atoms with Gasteiger partial charge in [0, 0.05) is 18.3 Å². The zero-order chi connectivity index (χ0) is 17.2. The highest BCUT2D eigenvalue weighted by Crippen LogP contribution is 2.18. The van der Waals surface area contributed by atoms with Crippen LogP contribution in [-0.4, -0.2) is 43.1 Å². The Bertz CT molecular complexity index is 492. The van der Waals surface area contributed by atoms with Crippen molar-refractivity contribution in [3.8, 4) is 5.75 Å². The summed E-state index contributed by atoms with van der Waals surface area (Å²) in [4.78, 5) is 11.3. The van der Waals surface area contributed by atoms with Crippen LogP contribution in [0.15, 0.2) is 24.3 Å². The molecule has 6 nitrogen and oxygen atoms in total. The predicted octanol–water partition coefficient (Wildman–Crippen LogP) is 3.34. The Balaban J connectivity index is 0.00000312. The highest BCUT2D eigenvalue weighted by molar-refractivity contribution is 5.85. The normalized spacial score (nSPS) is 15.8. The van der Waals surface area contributed by atoms with E-state index in [1.54, 1.807) is 31.2 Å².